The standard InChI is InChI=1S/C10H16F3NO2/c1-9(10(11,12)13,7-8(15)16-2)14-5-3-4-6-14/h3-7H2,1-2H3. The molecule has 1 aliphatic heterocycles. The van der Waals surface area contributed by atoms with Crippen molar-refractivity contribution < 1.29 is 22.7 Å². The Hall–Kier alpha value is -0.780. The maximum Gasteiger partial charge on any atom is 0.407 e. The van der Waals surface area contributed by atoms with Gasteiger partial charge in [0, 0.05) is 0 Å². The number of halogens is 3. The molecule has 1 saturated heterocycles. The summed E-state index contributed by atoms with van der Waals surface area (Å²) in [5.74, 6) is -0.827. The third kappa shape index (κ3) is 2.48. The monoisotopic (exact) mass is 239 g/mol. The van der Waals surface area contributed by atoms with E-state index in [4.69, 9.17) is 0 Å². The normalized spacial score (nSPS) is 21.8. The van der Waals surface area contributed by atoms with Crippen LogP contribution in [0, 0.1) is 0 Å². The second kappa shape index (κ2) is 4.61. The highest BCUT2D eigenvalue weighted by molar-refractivity contribution is 5.70. The van der Waals surface area contributed by atoms with E-state index in [9.17, 15) is 18.0 Å². The summed E-state index contributed by atoms with van der Waals surface area (Å²) in [6.45, 7) is 1.83. The van der Waals surface area contributed by atoms with Crippen molar-refractivity contribution in [3.8, 4) is 0 Å². The van der Waals surface area contributed by atoms with Crippen molar-refractivity contribution in [3.05, 3.63) is 0 Å². The molecule has 1 rings (SSSR count). The summed E-state index contributed by atoms with van der Waals surface area (Å²) >= 11 is 0. The smallest absolute Gasteiger partial charge is 0.407 e. The van der Waals surface area contributed by atoms with Crippen molar-refractivity contribution >= 4 is 5.97 Å². The molecule has 3 nitrogen and oxygen atoms in total. The van der Waals surface area contributed by atoms with Gasteiger partial charge in [-0.05, 0) is 32.9 Å². The number of hydrogen-bond donors (Lipinski definition) is 0. The molecule has 0 aromatic heterocycles. The number of esters is 1. The summed E-state index contributed by atoms with van der Waals surface area (Å²) in [6, 6.07) is 0. The molecule has 0 saturated carbocycles. The topological polar surface area (TPSA) is 29.5 Å². The van der Waals surface area contributed by atoms with Gasteiger partial charge in [0.15, 0.2) is 0 Å². The Morgan fingerprint density at radius 3 is 2.19 bits per heavy atom. The van der Waals surface area contributed by atoms with Crippen LogP contribution < -0.4 is 0 Å². The number of methoxy groups -OCH3 is 1. The van der Waals surface area contributed by atoms with Gasteiger partial charge in [0.1, 0.15) is 5.54 Å². The zero-order valence-electron chi connectivity index (χ0n) is 9.43. The maximum absolute atomic E-state index is 13.0. The first-order valence-electron chi connectivity index (χ1n) is 5.20. The molecule has 1 fully saturated rings. The minimum atomic E-state index is -4.43. The van der Waals surface area contributed by atoms with Crippen LogP contribution in [-0.2, 0) is 9.53 Å². The van der Waals surface area contributed by atoms with E-state index in [-0.39, 0.29) is 0 Å². The maximum atomic E-state index is 13.0. The van der Waals surface area contributed by atoms with Crippen LogP contribution in [0.25, 0.3) is 0 Å². The zero-order chi connectivity index (χ0) is 12.4. The summed E-state index contributed by atoms with van der Waals surface area (Å²) in [5, 5.41) is 0. The number of nitrogens with zero attached hydrogens (tertiary/aromatic N) is 1. The molecule has 6 heteroatoms. The molecule has 1 heterocycles. The number of carbonyl (C=O) groups is 1. The lowest BCUT2D eigenvalue weighted by Gasteiger charge is -2.39. The summed E-state index contributed by atoms with van der Waals surface area (Å²) in [6.07, 6.45) is -3.59. The molecule has 1 unspecified atom stereocenters. The molecule has 0 N–H and O–H groups in total. The van der Waals surface area contributed by atoms with E-state index in [1.165, 1.54) is 4.90 Å². The number of carbonyl (C=O) groups excluding carboxylic acids is 1. The minimum Gasteiger partial charge on any atom is -0.469 e. The van der Waals surface area contributed by atoms with Crippen LogP contribution in [0.4, 0.5) is 13.2 Å². The lowest BCUT2D eigenvalue weighted by atomic mass is 9.95. The Kier molecular flexibility index (Phi) is 3.83. The van der Waals surface area contributed by atoms with Gasteiger partial charge >= 0.3 is 12.1 Å². The first-order chi connectivity index (χ1) is 7.31. The van der Waals surface area contributed by atoms with Crippen molar-refractivity contribution in [1.29, 1.82) is 0 Å². The molecule has 94 valence electrons. The fourth-order valence-corrected chi connectivity index (χ4v) is 1.96. The quantitative estimate of drug-likeness (QED) is 0.705. The summed E-state index contributed by atoms with van der Waals surface area (Å²) < 4.78 is 43.3. The number of hydrogen-bond acceptors (Lipinski definition) is 3. The van der Waals surface area contributed by atoms with Crippen molar-refractivity contribution in [2.24, 2.45) is 0 Å². The first-order valence-corrected chi connectivity index (χ1v) is 5.20. The van der Waals surface area contributed by atoms with Gasteiger partial charge in [-0.25, -0.2) is 0 Å². The van der Waals surface area contributed by atoms with Gasteiger partial charge in [-0.15, -0.1) is 0 Å². The van der Waals surface area contributed by atoms with Crippen LogP contribution in [0.5, 0.6) is 0 Å². The molecule has 0 radical (unpaired) electrons. The molecule has 1 aliphatic rings. The highest BCUT2D eigenvalue weighted by Crippen LogP contribution is 2.39. The number of ether oxygens (including phenoxy) is 1. The third-order valence-corrected chi connectivity index (χ3v) is 3.13. The van der Waals surface area contributed by atoms with E-state index >= 15 is 0 Å². The molecule has 0 amide bonds. The first kappa shape index (κ1) is 13.3. The van der Waals surface area contributed by atoms with Gasteiger partial charge in [-0.3, -0.25) is 9.69 Å². The van der Waals surface area contributed by atoms with Gasteiger partial charge in [-0.1, -0.05) is 0 Å². The molecule has 0 bridgehead atoms. The predicted molar refractivity (Wildman–Crippen MR) is 51.9 cm³/mol. The van der Waals surface area contributed by atoms with Crippen LogP contribution in [0.3, 0.4) is 0 Å². The van der Waals surface area contributed by atoms with Crippen LogP contribution in [0.1, 0.15) is 26.2 Å². The Bertz CT molecular complexity index is 261. The fourth-order valence-electron chi connectivity index (χ4n) is 1.96. The van der Waals surface area contributed by atoms with E-state index < -0.39 is 24.1 Å². The van der Waals surface area contributed by atoms with Crippen molar-refractivity contribution in [1.82, 2.24) is 4.90 Å². The van der Waals surface area contributed by atoms with Crippen LogP contribution in [-0.4, -0.2) is 42.8 Å². The third-order valence-electron chi connectivity index (χ3n) is 3.13. The molecule has 1 atom stereocenters. The van der Waals surface area contributed by atoms with E-state index in [0.717, 1.165) is 26.9 Å². The second-order valence-electron chi connectivity index (χ2n) is 4.22. The summed E-state index contributed by atoms with van der Waals surface area (Å²) in [5.41, 5.74) is -2.10. The molecule has 0 aliphatic carbocycles. The van der Waals surface area contributed by atoms with Crippen LogP contribution in [0.15, 0.2) is 0 Å². The minimum absolute atomic E-state index is 0.382. The van der Waals surface area contributed by atoms with E-state index in [0.29, 0.717) is 13.1 Å². The summed E-state index contributed by atoms with van der Waals surface area (Å²) in [7, 11) is 1.10. The molecule has 0 spiro atoms. The Morgan fingerprint density at radius 2 is 1.81 bits per heavy atom. The molecule has 0 aromatic rings. The van der Waals surface area contributed by atoms with E-state index in [1.807, 2.05) is 0 Å². The molecular formula is C10H16F3NO2. The number of rotatable bonds is 3. The average molecular weight is 239 g/mol. The fraction of sp³-hybridized carbons (Fsp3) is 0.900. The summed E-state index contributed by atoms with van der Waals surface area (Å²) in [4.78, 5) is 12.4. The SMILES string of the molecule is COC(=O)CC(C)(N1CCCC1)C(F)(F)F. The highest BCUT2D eigenvalue weighted by Gasteiger charge is 2.56. The Morgan fingerprint density at radius 1 is 1.31 bits per heavy atom. The second-order valence-corrected chi connectivity index (χ2v) is 4.22. The van der Waals surface area contributed by atoms with Crippen LogP contribution in [0.2, 0.25) is 0 Å². The average Bonchev–Trinajstić information content (AvgIpc) is 2.68. The van der Waals surface area contributed by atoms with E-state index in [1.54, 1.807) is 0 Å². The highest BCUT2D eigenvalue weighted by atomic mass is 19.4. The predicted octanol–water partition coefficient (Wildman–Crippen LogP) is 1.97. The lowest BCUT2D eigenvalue weighted by molar-refractivity contribution is -0.228. The largest absolute Gasteiger partial charge is 0.469 e. The van der Waals surface area contributed by atoms with Crippen molar-refractivity contribution in [2.45, 2.75) is 37.9 Å². The van der Waals surface area contributed by atoms with Crippen molar-refractivity contribution in [3.63, 3.8) is 0 Å². The zero-order valence-corrected chi connectivity index (χ0v) is 9.43. The van der Waals surface area contributed by atoms with Gasteiger partial charge in [0.2, 0.25) is 0 Å². The number of likely N-dealkylation sites (tertiary alicyclic amines) is 1. The van der Waals surface area contributed by atoms with Crippen molar-refractivity contribution in [2.75, 3.05) is 20.2 Å². The van der Waals surface area contributed by atoms with E-state index in [2.05, 4.69) is 4.74 Å². The Balaban J connectivity index is 2.87. The van der Waals surface area contributed by atoms with Gasteiger partial charge < -0.3 is 4.74 Å². The Labute approximate surface area is 92.5 Å². The van der Waals surface area contributed by atoms with Gasteiger partial charge in [0.25, 0.3) is 0 Å². The lowest BCUT2D eigenvalue weighted by Crippen LogP contribution is -2.56. The molecular weight excluding hydrogens is 223 g/mol. The molecule has 0 aromatic carbocycles. The van der Waals surface area contributed by atoms with Crippen LogP contribution >= 0.6 is 0 Å². The molecule has 16 heavy (non-hydrogen) atoms. The van der Waals surface area contributed by atoms with Gasteiger partial charge in [0.05, 0.1) is 13.5 Å². The van der Waals surface area contributed by atoms with Gasteiger partial charge in [-0.2, -0.15) is 13.2 Å². The number of alkyl halides is 3.